The maximum atomic E-state index is 13.2. The van der Waals surface area contributed by atoms with E-state index in [0.29, 0.717) is 6.54 Å². The van der Waals surface area contributed by atoms with Crippen molar-refractivity contribution >= 4 is 5.97 Å². The van der Waals surface area contributed by atoms with Crippen LogP contribution in [0, 0.1) is 5.82 Å². The standard InChI is InChI=1S/C20H21FN2O.C2HF3O2/c1-3-6-18-20(15-9-11-17(21)12-10-15)22-14-23(18)13-16-7-4-5-8-19(16)24-2;3-2(4,5)1(6)7/h4-5,7-12,14H,3,6,13H2,1-2H3;(H,6,7). The number of imidazole rings is 1. The van der Waals surface area contributed by atoms with Crippen LogP contribution in [0.1, 0.15) is 24.6 Å². The van der Waals surface area contributed by atoms with E-state index >= 15 is 0 Å². The molecule has 1 N–H and O–H groups in total. The highest BCUT2D eigenvalue weighted by Gasteiger charge is 2.38. The first kappa shape index (κ1) is 23.9. The van der Waals surface area contributed by atoms with Gasteiger partial charge in [-0.15, -0.1) is 0 Å². The van der Waals surface area contributed by atoms with Gasteiger partial charge in [0.05, 0.1) is 25.7 Å². The number of hydrogen-bond acceptors (Lipinski definition) is 3. The Morgan fingerprint density at radius 2 is 1.74 bits per heavy atom. The highest BCUT2D eigenvalue weighted by molar-refractivity contribution is 5.73. The Kier molecular flexibility index (Phi) is 8.18. The maximum absolute atomic E-state index is 13.2. The first-order valence-corrected chi connectivity index (χ1v) is 9.39. The third-order valence-electron chi connectivity index (χ3n) is 4.33. The lowest BCUT2D eigenvalue weighted by Gasteiger charge is -2.12. The number of methoxy groups -OCH3 is 1. The van der Waals surface area contributed by atoms with Crippen molar-refractivity contribution < 1.29 is 32.2 Å². The lowest BCUT2D eigenvalue weighted by molar-refractivity contribution is -0.192. The number of carbonyl (C=O) groups is 1. The zero-order valence-electron chi connectivity index (χ0n) is 17.0. The molecule has 1 heterocycles. The van der Waals surface area contributed by atoms with Crippen LogP contribution in [-0.2, 0) is 17.8 Å². The summed E-state index contributed by atoms with van der Waals surface area (Å²) in [6.07, 6.45) is -1.29. The molecule has 0 radical (unpaired) electrons. The number of halogens is 4. The molecule has 0 saturated carbocycles. The maximum Gasteiger partial charge on any atom is 0.490 e. The molecule has 3 aromatic rings. The fraction of sp³-hybridized carbons (Fsp3) is 0.273. The average Bonchev–Trinajstić information content (AvgIpc) is 3.11. The minimum absolute atomic E-state index is 0.232. The third kappa shape index (κ3) is 6.56. The van der Waals surface area contributed by atoms with E-state index in [1.165, 1.54) is 12.1 Å². The van der Waals surface area contributed by atoms with Crippen LogP contribution in [0.2, 0.25) is 0 Å². The first-order chi connectivity index (χ1) is 14.7. The number of nitrogens with zero attached hydrogens (tertiary/aromatic N) is 2. The number of carboxylic acids is 1. The summed E-state index contributed by atoms with van der Waals surface area (Å²) in [6.45, 7) is 2.85. The van der Waals surface area contributed by atoms with E-state index in [0.717, 1.165) is 41.1 Å². The fourth-order valence-electron chi connectivity index (χ4n) is 2.91. The summed E-state index contributed by atoms with van der Waals surface area (Å²) < 4.78 is 52.5. The van der Waals surface area contributed by atoms with Gasteiger partial charge in [-0.05, 0) is 36.8 Å². The molecule has 0 atom stereocenters. The molecule has 0 aliphatic rings. The van der Waals surface area contributed by atoms with E-state index in [-0.39, 0.29) is 5.82 Å². The second-order valence-corrected chi connectivity index (χ2v) is 6.54. The Bertz CT molecular complexity index is 999. The van der Waals surface area contributed by atoms with Crippen molar-refractivity contribution in [1.29, 1.82) is 0 Å². The number of para-hydroxylation sites is 1. The number of rotatable bonds is 6. The quantitative estimate of drug-likeness (QED) is 0.529. The Labute approximate surface area is 176 Å². The highest BCUT2D eigenvalue weighted by Crippen LogP contribution is 2.26. The van der Waals surface area contributed by atoms with E-state index in [9.17, 15) is 17.6 Å². The number of alkyl halides is 3. The normalized spacial score (nSPS) is 10.9. The van der Waals surface area contributed by atoms with E-state index < -0.39 is 12.1 Å². The molecule has 0 aliphatic heterocycles. The molecule has 0 bridgehead atoms. The van der Waals surface area contributed by atoms with Crippen LogP contribution >= 0.6 is 0 Å². The van der Waals surface area contributed by atoms with Crippen LogP contribution in [0.25, 0.3) is 11.3 Å². The van der Waals surface area contributed by atoms with Gasteiger partial charge in [-0.25, -0.2) is 14.2 Å². The smallest absolute Gasteiger partial charge is 0.490 e. The Hall–Kier alpha value is -3.36. The van der Waals surface area contributed by atoms with E-state index in [4.69, 9.17) is 14.6 Å². The molecular formula is C22H22F4N2O3. The van der Waals surface area contributed by atoms with Crippen LogP contribution in [0.15, 0.2) is 54.9 Å². The number of ether oxygens (including phenoxy) is 1. The minimum atomic E-state index is -5.08. The van der Waals surface area contributed by atoms with Gasteiger partial charge in [0.2, 0.25) is 0 Å². The molecule has 166 valence electrons. The minimum Gasteiger partial charge on any atom is -0.496 e. The van der Waals surface area contributed by atoms with E-state index in [2.05, 4.69) is 22.5 Å². The molecule has 9 heteroatoms. The number of carboxylic acid groups (broad SMARTS) is 1. The third-order valence-corrected chi connectivity index (χ3v) is 4.33. The summed E-state index contributed by atoms with van der Waals surface area (Å²) in [4.78, 5) is 13.5. The largest absolute Gasteiger partial charge is 0.496 e. The van der Waals surface area contributed by atoms with Gasteiger partial charge in [-0.3, -0.25) is 0 Å². The van der Waals surface area contributed by atoms with Gasteiger partial charge in [0.15, 0.2) is 0 Å². The number of aliphatic carboxylic acids is 1. The van der Waals surface area contributed by atoms with Crippen LogP contribution < -0.4 is 4.74 Å². The first-order valence-electron chi connectivity index (χ1n) is 9.39. The van der Waals surface area contributed by atoms with Crippen molar-refractivity contribution in [2.24, 2.45) is 0 Å². The predicted octanol–water partition coefficient (Wildman–Crippen LogP) is 5.33. The van der Waals surface area contributed by atoms with E-state index in [1.54, 1.807) is 19.2 Å². The molecule has 3 rings (SSSR count). The molecule has 0 amide bonds. The lowest BCUT2D eigenvalue weighted by atomic mass is 10.1. The topological polar surface area (TPSA) is 64.4 Å². The second-order valence-electron chi connectivity index (χ2n) is 6.54. The molecule has 2 aromatic carbocycles. The van der Waals surface area contributed by atoms with Crippen LogP contribution in [0.3, 0.4) is 0 Å². The summed E-state index contributed by atoms with van der Waals surface area (Å²) in [5.41, 5.74) is 4.14. The van der Waals surface area contributed by atoms with E-state index in [1.807, 2.05) is 24.5 Å². The summed E-state index contributed by atoms with van der Waals surface area (Å²) in [6, 6.07) is 14.5. The number of hydrogen-bond donors (Lipinski definition) is 1. The highest BCUT2D eigenvalue weighted by atomic mass is 19.4. The van der Waals surface area contributed by atoms with Crippen molar-refractivity contribution in [3.8, 4) is 17.0 Å². The van der Waals surface area contributed by atoms with Gasteiger partial charge >= 0.3 is 12.1 Å². The summed E-state index contributed by atoms with van der Waals surface area (Å²) in [5, 5.41) is 7.12. The van der Waals surface area contributed by atoms with Crippen molar-refractivity contribution in [3.63, 3.8) is 0 Å². The van der Waals surface area contributed by atoms with Crippen molar-refractivity contribution in [1.82, 2.24) is 9.55 Å². The number of aromatic nitrogens is 2. The molecule has 0 saturated heterocycles. The van der Waals surface area contributed by atoms with Crippen LogP contribution in [0.5, 0.6) is 5.75 Å². The van der Waals surface area contributed by atoms with Crippen LogP contribution in [-0.4, -0.2) is 33.9 Å². The van der Waals surface area contributed by atoms with Gasteiger partial charge in [0.1, 0.15) is 11.6 Å². The molecular weight excluding hydrogens is 416 g/mol. The zero-order chi connectivity index (χ0) is 23.0. The lowest BCUT2D eigenvalue weighted by Crippen LogP contribution is -2.21. The van der Waals surface area contributed by atoms with Gasteiger partial charge < -0.3 is 14.4 Å². The van der Waals surface area contributed by atoms with Crippen molar-refractivity contribution in [2.45, 2.75) is 32.5 Å². The summed E-state index contributed by atoms with van der Waals surface area (Å²) in [7, 11) is 1.68. The van der Waals surface area contributed by atoms with Crippen molar-refractivity contribution in [2.75, 3.05) is 7.11 Å². The Balaban J connectivity index is 0.000000423. The predicted molar refractivity (Wildman–Crippen MR) is 107 cm³/mol. The summed E-state index contributed by atoms with van der Waals surface area (Å²) in [5.74, 6) is -2.12. The SMILES string of the molecule is CCCc1c(-c2ccc(F)cc2)ncn1Cc1ccccc1OC.O=C(O)C(F)(F)F. The second kappa shape index (κ2) is 10.6. The molecule has 1 aromatic heterocycles. The average molecular weight is 438 g/mol. The van der Waals surface area contributed by atoms with Crippen LogP contribution in [0.4, 0.5) is 17.6 Å². The molecule has 0 spiro atoms. The zero-order valence-corrected chi connectivity index (χ0v) is 17.0. The van der Waals surface area contributed by atoms with Gasteiger partial charge in [0, 0.05) is 16.8 Å². The monoisotopic (exact) mass is 438 g/mol. The molecule has 31 heavy (non-hydrogen) atoms. The van der Waals surface area contributed by atoms with Gasteiger partial charge in [-0.1, -0.05) is 31.5 Å². The molecule has 0 fully saturated rings. The summed E-state index contributed by atoms with van der Waals surface area (Å²) >= 11 is 0. The van der Waals surface area contributed by atoms with Crippen molar-refractivity contribution in [3.05, 3.63) is 71.9 Å². The molecule has 0 aliphatic carbocycles. The Morgan fingerprint density at radius 1 is 1.13 bits per heavy atom. The van der Waals surface area contributed by atoms with Gasteiger partial charge in [-0.2, -0.15) is 13.2 Å². The molecule has 5 nitrogen and oxygen atoms in total. The Morgan fingerprint density at radius 3 is 2.29 bits per heavy atom. The van der Waals surface area contributed by atoms with Gasteiger partial charge in [0.25, 0.3) is 0 Å². The fourth-order valence-corrected chi connectivity index (χ4v) is 2.91. The molecule has 0 unspecified atom stereocenters. The number of benzene rings is 2.